The number of ether oxygens (including phenoxy) is 3. The van der Waals surface area contributed by atoms with Gasteiger partial charge in [-0.3, -0.25) is 4.90 Å². The van der Waals surface area contributed by atoms with Crippen molar-refractivity contribution < 1.29 is 33.0 Å². The van der Waals surface area contributed by atoms with Crippen molar-refractivity contribution in [3.63, 3.8) is 0 Å². The van der Waals surface area contributed by atoms with E-state index in [2.05, 4.69) is 4.98 Å². The number of amides is 2. The average Bonchev–Trinajstić information content (AvgIpc) is 3.56. The Bertz CT molecular complexity index is 1420. The van der Waals surface area contributed by atoms with Gasteiger partial charge in [0.15, 0.2) is 5.69 Å². The molecular weight excluding hydrogens is 526 g/mol. The summed E-state index contributed by atoms with van der Waals surface area (Å²) in [6.07, 6.45) is 1.79. The maximum Gasteiger partial charge on any atom is 0.414 e. The number of nitrogens with zero attached hydrogens (tertiary/aromatic N) is 3. The van der Waals surface area contributed by atoms with Crippen LogP contribution < -0.4 is 4.90 Å². The summed E-state index contributed by atoms with van der Waals surface area (Å²) in [7, 11) is 0. The van der Waals surface area contributed by atoms with Crippen LogP contribution in [0.15, 0.2) is 59.2 Å². The second-order valence-corrected chi connectivity index (χ2v) is 11.4. The van der Waals surface area contributed by atoms with E-state index in [-0.39, 0.29) is 36.3 Å². The predicted octanol–water partition coefficient (Wildman–Crippen LogP) is 5.94. The molecule has 2 aromatic carbocycles. The predicted molar refractivity (Wildman–Crippen MR) is 151 cm³/mol. The molecule has 1 fully saturated rings. The molecule has 2 aliphatic heterocycles. The van der Waals surface area contributed by atoms with Gasteiger partial charge in [0, 0.05) is 30.6 Å². The highest BCUT2D eigenvalue weighted by Crippen LogP contribution is 2.48. The summed E-state index contributed by atoms with van der Waals surface area (Å²) < 4.78 is 21.9. The van der Waals surface area contributed by atoms with Gasteiger partial charge in [-0.2, -0.15) is 0 Å². The molecule has 3 aromatic rings. The van der Waals surface area contributed by atoms with Crippen molar-refractivity contribution in [3.8, 4) is 11.5 Å². The zero-order valence-electron chi connectivity index (χ0n) is 23.8. The third kappa shape index (κ3) is 6.06. The fraction of sp³-hybridized carbons (Fsp3) is 0.419. The molecule has 10 heteroatoms. The van der Waals surface area contributed by atoms with E-state index in [9.17, 15) is 14.4 Å². The fourth-order valence-electron chi connectivity index (χ4n) is 5.35. The lowest BCUT2D eigenvalue weighted by Crippen LogP contribution is -2.48. The summed E-state index contributed by atoms with van der Waals surface area (Å²) in [5, 5.41) is 0. The van der Waals surface area contributed by atoms with Crippen molar-refractivity contribution in [2.24, 2.45) is 0 Å². The summed E-state index contributed by atoms with van der Waals surface area (Å²) in [4.78, 5) is 45.9. The van der Waals surface area contributed by atoms with Crippen LogP contribution in [0.1, 0.15) is 62.2 Å². The number of fused-ring (bicyclic) bond motifs is 2. The normalized spacial score (nSPS) is 15.9. The number of carbonyl (C=O) groups excluding carboxylic acids is 3. The molecule has 1 aromatic heterocycles. The van der Waals surface area contributed by atoms with Crippen LogP contribution in [-0.4, -0.2) is 59.9 Å². The van der Waals surface area contributed by atoms with E-state index in [1.807, 2.05) is 69.3 Å². The first kappa shape index (κ1) is 28.2. The van der Waals surface area contributed by atoms with E-state index in [1.54, 1.807) is 16.7 Å². The Kier molecular flexibility index (Phi) is 7.75. The average molecular weight is 562 g/mol. The lowest BCUT2D eigenvalue weighted by atomic mass is 9.74. The number of esters is 1. The van der Waals surface area contributed by atoms with E-state index < -0.39 is 17.7 Å². The second kappa shape index (κ2) is 11.3. The molecule has 1 spiro atoms. The smallest absolute Gasteiger partial charge is 0.414 e. The van der Waals surface area contributed by atoms with Crippen LogP contribution in [0.4, 0.5) is 15.3 Å². The molecule has 0 N–H and O–H groups in total. The minimum atomic E-state index is -0.673. The standard InChI is InChI=1S/C31H35N3O7/c1-5-38-27(35)24-19-39-26(32-24)22-11-12-23-25(17-22)34(29(37)41-30(2,3)4)20-31(23)13-15-33(16-14-31)28(36)40-18-21-9-7-6-8-10-21/h6-12,17,19H,5,13-16,18,20H2,1-4H3. The summed E-state index contributed by atoms with van der Waals surface area (Å²) in [5.74, 6) is -0.316. The molecular formula is C31H35N3O7. The first-order valence-corrected chi connectivity index (χ1v) is 13.8. The van der Waals surface area contributed by atoms with Crippen molar-refractivity contribution in [1.29, 1.82) is 0 Å². The molecule has 2 amide bonds. The van der Waals surface area contributed by atoms with Crippen LogP contribution in [0.5, 0.6) is 0 Å². The number of hydrogen-bond acceptors (Lipinski definition) is 8. The molecule has 0 atom stereocenters. The molecule has 0 unspecified atom stereocenters. The van der Waals surface area contributed by atoms with Crippen molar-refractivity contribution in [2.75, 3.05) is 31.1 Å². The second-order valence-electron chi connectivity index (χ2n) is 11.4. The van der Waals surface area contributed by atoms with Crippen LogP contribution in [-0.2, 0) is 26.2 Å². The first-order chi connectivity index (χ1) is 19.6. The van der Waals surface area contributed by atoms with Crippen molar-refractivity contribution in [3.05, 3.63) is 71.6 Å². The highest BCUT2D eigenvalue weighted by Gasteiger charge is 2.48. The molecule has 0 saturated carbocycles. The van der Waals surface area contributed by atoms with Gasteiger partial charge >= 0.3 is 18.2 Å². The Morgan fingerprint density at radius 3 is 2.41 bits per heavy atom. The van der Waals surface area contributed by atoms with Crippen molar-refractivity contribution in [1.82, 2.24) is 9.88 Å². The Morgan fingerprint density at radius 2 is 1.73 bits per heavy atom. The maximum atomic E-state index is 13.4. The maximum absolute atomic E-state index is 13.4. The van der Waals surface area contributed by atoms with Crippen molar-refractivity contribution in [2.45, 2.75) is 58.2 Å². The van der Waals surface area contributed by atoms with E-state index in [4.69, 9.17) is 18.6 Å². The number of rotatable bonds is 5. The van der Waals surface area contributed by atoms with Crippen LogP contribution >= 0.6 is 0 Å². The molecule has 10 nitrogen and oxygen atoms in total. The van der Waals surface area contributed by atoms with Gasteiger partial charge in [0.2, 0.25) is 5.89 Å². The highest BCUT2D eigenvalue weighted by atomic mass is 16.6. The quantitative estimate of drug-likeness (QED) is 0.278. The van der Waals surface area contributed by atoms with Crippen molar-refractivity contribution >= 4 is 23.8 Å². The molecule has 0 bridgehead atoms. The number of anilines is 1. The third-order valence-corrected chi connectivity index (χ3v) is 7.35. The molecule has 1 saturated heterocycles. The zero-order chi connectivity index (χ0) is 29.2. The van der Waals surface area contributed by atoms with Gasteiger partial charge in [-0.05, 0) is 63.8 Å². The van der Waals surface area contributed by atoms with Crippen LogP contribution in [0, 0.1) is 0 Å². The third-order valence-electron chi connectivity index (χ3n) is 7.35. The van der Waals surface area contributed by atoms with Crippen LogP contribution in [0.3, 0.4) is 0 Å². The highest BCUT2D eigenvalue weighted by molar-refractivity contribution is 5.93. The van der Waals surface area contributed by atoms with Gasteiger partial charge < -0.3 is 23.5 Å². The molecule has 41 heavy (non-hydrogen) atoms. The van der Waals surface area contributed by atoms with Gasteiger partial charge in [0.25, 0.3) is 0 Å². The summed E-state index contributed by atoms with van der Waals surface area (Å²) in [5.41, 5.74) is 2.31. The topological polar surface area (TPSA) is 111 Å². The van der Waals surface area contributed by atoms with Crippen LogP contribution in [0.25, 0.3) is 11.5 Å². The molecule has 0 aliphatic carbocycles. The van der Waals surface area contributed by atoms with Crippen LogP contribution in [0.2, 0.25) is 0 Å². The SMILES string of the molecule is CCOC(=O)c1coc(-c2ccc3c(c2)N(C(=O)OC(C)(C)C)CC32CCN(C(=O)OCc3ccccc3)CC2)n1. The number of aromatic nitrogens is 1. The lowest BCUT2D eigenvalue weighted by Gasteiger charge is -2.39. The Hall–Kier alpha value is -4.34. The summed E-state index contributed by atoms with van der Waals surface area (Å²) in [6, 6.07) is 15.3. The fourth-order valence-corrected chi connectivity index (χ4v) is 5.35. The Labute approximate surface area is 239 Å². The van der Waals surface area contributed by atoms with E-state index in [1.165, 1.54) is 6.26 Å². The number of hydrogen-bond donors (Lipinski definition) is 0. The van der Waals surface area contributed by atoms with Gasteiger partial charge in [0.1, 0.15) is 18.5 Å². The minimum Gasteiger partial charge on any atom is -0.461 e. The van der Waals surface area contributed by atoms with Gasteiger partial charge in [-0.15, -0.1) is 0 Å². The Balaban J connectivity index is 1.37. The first-order valence-electron chi connectivity index (χ1n) is 13.8. The number of carbonyl (C=O) groups is 3. The minimum absolute atomic E-state index is 0.0781. The summed E-state index contributed by atoms with van der Waals surface area (Å²) in [6.45, 7) is 9.09. The van der Waals surface area contributed by atoms with Gasteiger partial charge in [-0.1, -0.05) is 36.4 Å². The van der Waals surface area contributed by atoms with E-state index >= 15 is 0 Å². The monoisotopic (exact) mass is 561 g/mol. The molecule has 3 heterocycles. The molecule has 5 rings (SSSR count). The Morgan fingerprint density at radius 1 is 1.00 bits per heavy atom. The molecule has 216 valence electrons. The van der Waals surface area contributed by atoms with E-state index in [0.29, 0.717) is 43.7 Å². The van der Waals surface area contributed by atoms with E-state index in [0.717, 1.165) is 11.1 Å². The van der Waals surface area contributed by atoms with Gasteiger partial charge in [-0.25, -0.2) is 19.4 Å². The number of oxazole rings is 1. The number of likely N-dealkylation sites (tertiary alicyclic amines) is 1. The number of piperidine rings is 1. The van der Waals surface area contributed by atoms with Gasteiger partial charge in [0.05, 0.1) is 12.3 Å². The molecule has 0 radical (unpaired) electrons. The lowest BCUT2D eigenvalue weighted by molar-refractivity contribution is 0.0517. The number of benzene rings is 2. The zero-order valence-corrected chi connectivity index (χ0v) is 23.8. The molecule has 2 aliphatic rings. The summed E-state index contributed by atoms with van der Waals surface area (Å²) >= 11 is 0. The largest absolute Gasteiger partial charge is 0.461 e.